The second-order valence-electron chi connectivity index (χ2n) is 7.73. The predicted octanol–water partition coefficient (Wildman–Crippen LogP) is 1.05. The number of carbonyl (C=O) groups excluding carboxylic acids is 1. The lowest BCUT2D eigenvalue weighted by molar-refractivity contribution is -0.133. The molecule has 0 radical (unpaired) electrons. The van der Waals surface area contributed by atoms with Gasteiger partial charge in [-0.25, -0.2) is 15.0 Å². The van der Waals surface area contributed by atoms with Gasteiger partial charge in [0.15, 0.2) is 0 Å². The summed E-state index contributed by atoms with van der Waals surface area (Å²) in [7, 11) is 1.83. The smallest absolute Gasteiger partial charge is 0.229 e. The normalized spacial score (nSPS) is 21.1. The summed E-state index contributed by atoms with van der Waals surface area (Å²) in [6, 6.07) is 0.207. The third kappa shape index (κ3) is 4.13. The number of anilines is 2. The number of hydrogen-bond donors (Lipinski definition) is 1. The van der Waals surface area contributed by atoms with E-state index in [0.29, 0.717) is 25.0 Å². The highest BCUT2D eigenvalue weighted by molar-refractivity contribution is 5.73. The highest BCUT2D eigenvalue weighted by Crippen LogP contribution is 2.34. The Hall–Kier alpha value is -3.01. The van der Waals surface area contributed by atoms with Gasteiger partial charge in [0.05, 0.1) is 18.9 Å². The number of nitrogens with two attached hydrogens (primary N) is 1. The van der Waals surface area contributed by atoms with Crippen LogP contribution in [0.25, 0.3) is 11.3 Å². The van der Waals surface area contributed by atoms with Crippen molar-refractivity contribution in [3.63, 3.8) is 0 Å². The highest BCUT2D eigenvalue weighted by atomic mass is 16.5. The van der Waals surface area contributed by atoms with Gasteiger partial charge in [-0.2, -0.15) is 4.98 Å². The van der Waals surface area contributed by atoms with Crippen molar-refractivity contribution in [2.75, 3.05) is 44.0 Å². The van der Waals surface area contributed by atoms with E-state index in [1.807, 2.05) is 14.0 Å². The molecule has 0 bridgehead atoms. The Balaban J connectivity index is 1.61. The fourth-order valence-electron chi connectivity index (χ4n) is 3.61. The van der Waals surface area contributed by atoms with Crippen molar-refractivity contribution in [2.24, 2.45) is 0 Å². The van der Waals surface area contributed by atoms with E-state index in [4.69, 9.17) is 25.2 Å². The van der Waals surface area contributed by atoms with Gasteiger partial charge < -0.3 is 25.0 Å². The van der Waals surface area contributed by atoms with Crippen LogP contribution in [0, 0.1) is 6.92 Å². The summed E-state index contributed by atoms with van der Waals surface area (Å²) in [5.74, 6) is 1.43. The molecule has 2 N–H and O–H groups in total. The van der Waals surface area contributed by atoms with E-state index in [1.165, 1.54) is 0 Å². The van der Waals surface area contributed by atoms with Crippen molar-refractivity contribution >= 4 is 17.8 Å². The molecule has 0 atom stereocenters. The van der Waals surface area contributed by atoms with Crippen molar-refractivity contribution < 1.29 is 14.3 Å². The van der Waals surface area contributed by atoms with E-state index in [0.717, 1.165) is 42.8 Å². The standard InChI is InChI=1S/C20H27N7O3/c1-12-17(14-10-22-19(21)23-11-14)24-20(27-4-6-29-7-5-27)25-18(12)30-16-8-15(9-16)26(3)13(2)28/h10-11,15-16H,4-9H2,1-3H3,(H2,21,22,23)/t15-,16-. The summed E-state index contributed by atoms with van der Waals surface area (Å²) < 4.78 is 11.7. The largest absolute Gasteiger partial charge is 0.474 e. The zero-order valence-corrected chi connectivity index (χ0v) is 17.5. The number of morpholine rings is 1. The number of carbonyl (C=O) groups is 1. The van der Waals surface area contributed by atoms with E-state index >= 15 is 0 Å². The molecule has 2 aromatic rings. The van der Waals surface area contributed by atoms with Crippen LogP contribution in [-0.4, -0.2) is 76.2 Å². The molecule has 1 saturated heterocycles. The summed E-state index contributed by atoms with van der Waals surface area (Å²) in [6.45, 7) is 6.22. The molecule has 1 aliphatic heterocycles. The van der Waals surface area contributed by atoms with Crippen molar-refractivity contribution in [1.82, 2.24) is 24.8 Å². The van der Waals surface area contributed by atoms with Gasteiger partial charge >= 0.3 is 0 Å². The van der Waals surface area contributed by atoms with Crippen molar-refractivity contribution in [1.29, 1.82) is 0 Å². The van der Waals surface area contributed by atoms with Crippen LogP contribution in [0.5, 0.6) is 5.88 Å². The van der Waals surface area contributed by atoms with Crippen LogP contribution in [0.15, 0.2) is 12.4 Å². The Morgan fingerprint density at radius 2 is 1.90 bits per heavy atom. The van der Waals surface area contributed by atoms with Crippen LogP contribution in [0.3, 0.4) is 0 Å². The van der Waals surface area contributed by atoms with Gasteiger partial charge in [-0.15, -0.1) is 0 Å². The number of aromatic nitrogens is 4. The van der Waals surface area contributed by atoms with Gasteiger partial charge in [-0.1, -0.05) is 0 Å². The Bertz CT molecular complexity index is 909. The maximum absolute atomic E-state index is 11.6. The van der Waals surface area contributed by atoms with Crippen LogP contribution >= 0.6 is 0 Å². The van der Waals surface area contributed by atoms with Crippen LogP contribution in [0.4, 0.5) is 11.9 Å². The number of ether oxygens (including phenoxy) is 2. The van der Waals surface area contributed by atoms with Crippen LogP contribution < -0.4 is 15.4 Å². The fourth-order valence-corrected chi connectivity index (χ4v) is 3.61. The minimum absolute atomic E-state index is 0.0125. The Labute approximate surface area is 175 Å². The minimum Gasteiger partial charge on any atom is -0.474 e. The van der Waals surface area contributed by atoms with Crippen molar-refractivity contribution in [2.45, 2.75) is 38.8 Å². The first-order valence-electron chi connectivity index (χ1n) is 10.1. The van der Waals surface area contributed by atoms with Crippen molar-refractivity contribution in [3.05, 3.63) is 18.0 Å². The van der Waals surface area contributed by atoms with E-state index in [1.54, 1.807) is 24.2 Å². The first kappa shape index (κ1) is 20.3. The maximum atomic E-state index is 11.6. The lowest BCUT2D eigenvalue weighted by Gasteiger charge is -2.40. The van der Waals surface area contributed by atoms with Gasteiger partial charge in [0.25, 0.3) is 0 Å². The summed E-state index contributed by atoms with van der Waals surface area (Å²) in [5, 5.41) is 0. The molecule has 2 aromatic heterocycles. The molecule has 0 aromatic carbocycles. The topological polar surface area (TPSA) is 120 Å². The first-order valence-corrected chi connectivity index (χ1v) is 10.1. The number of rotatable bonds is 5. The molecule has 0 spiro atoms. The fraction of sp³-hybridized carbons (Fsp3) is 0.550. The minimum atomic E-state index is 0.0125. The number of nitrogen functional groups attached to an aromatic ring is 1. The molecule has 10 nitrogen and oxygen atoms in total. The predicted molar refractivity (Wildman–Crippen MR) is 111 cm³/mol. The molecule has 10 heteroatoms. The molecule has 1 amide bonds. The van der Waals surface area contributed by atoms with E-state index < -0.39 is 0 Å². The molecule has 3 heterocycles. The summed E-state index contributed by atoms with van der Waals surface area (Å²) in [6.07, 6.45) is 4.90. The molecule has 160 valence electrons. The maximum Gasteiger partial charge on any atom is 0.229 e. The third-order valence-electron chi connectivity index (χ3n) is 5.72. The second kappa shape index (κ2) is 8.39. The first-order chi connectivity index (χ1) is 14.4. The molecule has 4 rings (SSSR count). The second-order valence-corrected chi connectivity index (χ2v) is 7.73. The molecule has 1 aliphatic carbocycles. The Morgan fingerprint density at radius 3 is 2.53 bits per heavy atom. The van der Waals surface area contributed by atoms with E-state index in [9.17, 15) is 4.79 Å². The number of hydrogen-bond acceptors (Lipinski definition) is 9. The molecular formula is C20H27N7O3. The van der Waals surface area contributed by atoms with Gasteiger partial charge in [-0.3, -0.25) is 4.79 Å². The Kier molecular flexibility index (Phi) is 5.67. The lowest BCUT2D eigenvalue weighted by Crippen LogP contribution is -2.49. The molecule has 1 saturated carbocycles. The number of nitrogens with zero attached hydrogens (tertiary/aromatic N) is 6. The third-order valence-corrected chi connectivity index (χ3v) is 5.72. The van der Waals surface area contributed by atoms with Gasteiger partial charge in [0, 0.05) is 69.5 Å². The van der Waals surface area contributed by atoms with E-state index in [2.05, 4.69) is 14.9 Å². The van der Waals surface area contributed by atoms with Crippen LogP contribution in [-0.2, 0) is 9.53 Å². The van der Waals surface area contributed by atoms with Gasteiger partial charge in [0.2, 0.25) is 23.7 Å². The zero-order valence-electron chi connectivity index (χ0n) is 17.5. The SMILES string of the molecule is CC(=O)N(C)[C@H]1C[C@H](Oc2nc(N3CCOCC3)nc(-c3cnc(N)nc3)c2C)C1. The summed E-state index contributed by atoms with van der Waals surface area (Å²) in [5.41, 5.74) is 7.94. The summed E-state index contributed by atoms with van der Waals surface area (Å²) in [4.78, 5) is 33.1. The van der Waals surface area contributed by atoms with Gasteiger partial charge in [0.1, 0.15) is 6.10 Å². The van der Waals surface area contributed by atoms with Gasteiger partial charge in [-0.05, 0) is 6.92 Å². The average molecular weight is 413 g/mol. The summed E-state index contributed by atoms with van der Waals surface area (Å²) >= 11 is 0. The molecule has 0 unspecified atom stereocenters. The molecular weight excluding hydrogens is 386 g/mol. The van der Waals surface area contributed by atoms with Crippen molar-refractivity contribution in [3.8, 4) is 17.1 Å². The van der Waals surface area contributed by atoms with Crippen LogP contribution in [0.2, 0.25) is 0 Å². The zero-order chi connectivity index (χ0) is 21.3. The van der Waals surface area contributed by atoms with Crippen LogP contribution in [0.1, 0.15) is 25.3 Å². The number of amides is 1. The lowest BCUT2D eigenvalue weighted by atomic mass is 9.88. The average Bonchev–Trinajstić information content (AvgIpc) is 2.72. The van der Waals surface area contributed by atoms with E-state index in [-0.39, 0.29) is 24.0 Å². The molecule has 2 fully saturated rings. The highest BCUT2D eigenvalue weighted by Gasteiger charge is 2.35. The monoisotopic (exact) mass is 413 g/mol. The molecule has 30 heavy (non-hydrogen) atoms. The Morgan fingerprint density at radius 1 is 1.23 bits per heavy atom. The quantitative estimate of drug-likeness (QED) is 0.767. The molecule has 2 aliphatic rings.